The topological polar surface area (TPSA) is 41.9 Å². The number of hydrogen-bond donors (Lipinski definition) is 2. The molecule has 2 aromatic heterocycles. The van der Waals surface area contributed by atoms with Crippen LogP contribution in [0.5, 0.6) is 0 Å². The van der Waals surface area contributed by atoms with Crippen molar-refractivity contribution in [2.75, 3.05) is 10.6 Å². The third kappa shape index (κ3) is 2.88. The van der Waals surface area contributed by atoms with Gasteiger partial charge in [-0.25, -0.2) is 4.98 Å². The highest BCUT2D eigenvalue weighted by molar-refractivity contribution is 6.09. The summed E-state index contributed by atoms with van der Waals surface area (Å²) in [6.07, 6.45) is 1.81. The maximum atomic E-state index is 4.51. The van der Waals surface area contributed by atoms with Crippen LogP contribution in [0.4, 0.5) is 17.2 Å². The van der Waals surface area contributed by atoms with Crippen molar-refractivity contribution in [3.8, 4) is 0 Å². The van der Waals surface area contributed by atoms with Crippen LogP contribution in [-0.2, 0) is 6.54 Å². The Balaban J connectivity index is 1.79. The Labute approximate surface area is 153 Å². The number of anilines is 3. The molecule has 0 saturated carbocycles. The van der Waals surface area contributed by atoms with Crippen LogP contribution in [0.1, 0.15) is 20.8 Å². The van der Waals surface area contributed by atoms with Gasteiger partial charge in [0.2, 0.25) is 0 Å². The van der Waals surface area contributed by atoms with Gasteiger partial charge in [0.05, 0.1) is 5.69 Å². The molecule has 4 heteroatoms. The molecule has 2 heterocycles. The number of nitrogens with zero attached hydrogens (tertiary/aromatic N) is 2. The van der Waals surface area contributed by atoms with E-state index in [0.29, 0.717) is 6.04 Å². The van der Waals surface area contributed by atoms with Crippen molar-refractivity contribution in [1.82, 2.24) is 9.55 Å². The summed E-state index contributed by atoms with van der Waals surface area (Å²) in [4.78, 5) is 4.51. The highest BCUT2D eigenvalue weighted by atomic mass is 15.0. The van der Waals surface area contributed by atoms with Gasteiger partial charge in [0.15, 0.2) is 5.82 Å². The van der Waals surface area contributed by atoms with Crippen LogP contribution in [-0.4, -0.2) is 15.6 Å². The standard InChI is InChI=1S/C22H24N4/c1-4-26-20-10-6-5-8-17(20)18-14-16(11-12-21(18)26)25-22-19(24-15(2)3)9-7-13-23-22/h5-15,24H,4H2,1-3H3,(H,23,25). The lowest BCUT2D eigenvalue weighted by molar-refractivity contribution is 0.827. The Bertz CT molecular complexity index is 1060. The van der Waals surface area contributed by atoms with Gasteiger partial charge >= 0.3 is 0 Å². The van der Waals surface area contributed by atoms with E-state index >= 15 is 0 Å². The number of fused-ring (bicyclic) bond motifs is 3. The Morgan fingerprint density at radius 1 is 0.962 bits per heavy atom. The third-order valence-electron chi connectivity index (χ3n) is 4.60. The van der Waals surface area contributed by atoms with Gasteiger partial charge < -0.3 is 15.2 Å². The van der Waals surface area contributed by atoms with E-state index in [1.165, 1.54) is 21.8 Å². The van der Waals surface area contributed by atoms with Gasteiger partial charge in [-0.15, -0.1) is 0 Å². The van der Waals surface area contributed by atoms with E-state index in [4.69, 9.17) is 0 Å². The molecule has 0 atom stereocenters. The fourth-order valence-electron chi connectivity index (χ4n) is 3.54. The second-order valence-electron chi connectivity index (χ2n) is 6.82. The number of hydrogen-bond acceptors (Lipinski definition) is 3. The molecule has 0 aliphatic rings. The fourth-order valence-corrected chi connectivity index (χ4v) is 3.54. The number of aromatic nitrogens is 2. The lowest BCUT2D eigenvalue weighted by Gasteiger charge is -2.15. The molecule has 0 bridgehead atoms. The predicted molar refractivity (Wildman–Crippen MR) is 111 cm³/mol. The molecular weight excluding hydrogens is 320 g/mol. The van der Waals surface area contributed by atoms with E-state index in [1.807, 2.05) is 12.3 Å². The first-order valence-corrected chi connectivity index (χ1v) is 9.17. The molecule has 0 saturated heterocycles. The van der Waals surface area contributed by atoms with Crippen LogP contribution in [0.15, 0.2) is 60.8 Å². The van der Waals surface area contributed by atoms with Gasteiger partial charge in [-0.1, -0.05) is 18.2 Å². The van der Waals surface area contributed by atoms with Gasteiger partial charge in [0.25, 0.3) is 0 Å². The Kier molecular flexibility index (Phi) is 4.25. The molecule has 2 aromatic carbocycles. The summed E-state index contributed by atoms with van der Waals surface area (Å²) in [6.45, 7) is 7.40. The highest BCUT2D eigenvalue weighted by Crippen LogP contribution is 2.32. The fraction of sp³-hybridized carbons (Fsp3) is 0.227. The van der Waals surface area contributed by atoms with E-state index in [-0.39, 0.29) is 0 Å². The molecule has 0 aliphatic heterocycles. The molecule has 0 amide bonds. The second-order valence-corrected chi connectivity index (χ2v) is 6.82. The van der Waals surface area contributed by atoms with Gasteiger partial charge in [-0.05, 0) is 57.2 Å². The predicted octanol–water partition coefficient (Wildman–Crippen LogP) is 5.77. The van der Waals surface area contributed by atoms with Crippen LogP contribution in [0.2, 0.25) is 0 Å². The zero-order chi connectivity index (χ0) is 18.1. The van der Waals surface area contributed by atoms with E-state index in [1.54, 1.807) is 0 Å². The number of nitrogens with one attached hydrogen (secondary N) is 2. The number of rotatable bonds is 5. The quantitative estimate of drug-likeness (QED) is 0.483. The zero-order valence-corrected chi connectivity index (χ0v) is 15.5. The monoisotopic (exact) mass is 344 g/mol. The van der Waals surface area contributed by atoms with E-state index in [9.17, 15) is 0 Å². The molecule has 26 heavy (non-hydrogen) atoms. The molecule has 0 radical (unpaired) electrons. The zero-order valence-electron chi connectivity index (χ0n) is 15.5. The number of para-hydroxylation sites is 1. The molecule has 0 fully saturated rings. The number of benzene rings is 2. The average molecular weight is 344 g/mol. The molecule has 4 nitrogen and oxygen atoms in total. The smallest absolute Gasteiger partial charge is 0.153 e. The highest BCUT2D eigenvalue weighted by Gasteiger charge is 2.11. The molecule has 2 N–H and O–H groups in total. The van der Waals surface area contributed by atoms with Gasteiger partial charge in [0.1, 0.15) is 0 Å². The molecule has 4 rings (SSSR count). The summed E-state index contributed by atoms with van der Waals surface area (Å²) in [5, 5.41) is 9.48. The van der Waals surface area contributed by atoms with E-state index in [0.717, 1.165) is 23.7 Å². The first kappa shape index (κ1) is 16.5. The maximum Gasteiger partial charge on any atom is 0.153 e. The summed E-state index contributed by atoms with van der Waals surface area (Å²) in [5.74, 6) is 0.847. The second kappa shape index (κ2) is 6.71. The van der Waals surface area contributed by atoms with Crippen molar-refractivity contribution in [1.29, 1.82) is 0 Å². The molecule has 0 unspecified atom stereocenters. The normalized spacial score (nSPS) is 11.4. The molecular formula is C22H24N4. The summed E-state index contributed by atoms with van der Waals surface area (Å²) in [6, 6.07) is 19.5. The minimum absolute atomic E-state index is 0.352. The van der Waals surface area contributed by atoms with Crippen molar-refractivity contribution >= 4 is 39.0 Å². The maximum absolute atomic E-state index is 4.51. The van der Waals surface area contributed by atoms with Crippen molar-refractivity contribution in [2.45, 2.75) is 33.4 Å². The molecule has 0 spiro atoms. The van der Waals surface area contributed by atoms with Gasteiger partial charge in [-0.3, -0.25) is 0 Å². The average Bonchev–Trinajstić information content (AvgIpc) is 2.96. The first-order chi connectivity index (χ1) is 12.7. The first-order valence-electron chi connectivity index (χ1n) is 9.17. The summed E-state index contributed by atoms with van der Waals surface area (Å²) < 4.78 is 2.36. The number of aryl methyl sites for hydroxylation is 1. The SMILES string of the molecule is CCn1c2ccccc2c2cc(Nc3ncccc3NC(C)C)ccc21. The van der Waals surface area contributed by atoms with Crippen LogP contribution in [0, 0.1) is 0 Å². The number of pyridine rings is 1. The van der Waals surface area contributed by atoms with Crippen LogP contribution in [0.3, 0.4) is 0 Å². The van der Waals surface area contributed by atoms with Gasteiger partial charge in [-0.2, -0.15) is 0 Å². The van der Waals surface area contributed by atoms with Crippen molar-refractivity contribution < 1.29 is 0 Å². The van der Waals surface area contributed by atoms with Crippen LogP contribution in [0.25, 0.3) is 21.8 Å². The van der Waals surface area contributed by atoms with Crippen LogP contribution >= 0.6 is 0 Å². The van der Waals surface area contributed by atoms with Crippen LogP contribution < -0.4 is 10.6 Å². The lowest BCUT2D eigenvalue weighted by atomic mass is 10.1. The minimum Gasteiger partial charge on any atom is -0.380 e. The Morgan fingerprint density at radius 3 is 2.58 bits per heavy atom. The lowest BCUT2D eigenvalue weighted by Crippen LogP contribution is -2.11. The largest absolute Gasteiger partial charge is 0.380 e. The third-order valence-corrected chi connectivity index (χ3v) is 4.60. The van der Waals surface area contributed by atoms with E-state index < -0.39 is 0 Å². The van der Waals surface area contributed by atoms with Crippen molar-refractivity contribution in [3.63, 3.8) is 0 Å². The van der Waals surface area contributed by atoms with Gasteiger partial charge in [0, 0.05) is 46.3 Å². The molecule has 132 valence electrons. The van der Waals surface area contributed by atoms with E-state index in [2.05, 4.69) is 89.5 Å². The van der Waals surface area contributed by atoms with Crippen molar-refractivity contribution in [2.24, 2.45) is 0 Å². The summed E-state index contributed by atoms with van der Waals surface area (Å²) >= 11 is 0. The molecule has 4 aromatic rings. The van der Waals surface area contributed by atoms with Crippen molar-refractivity contribution in [3.05, 3.63) is 60.8 Å². The minimum atomic E-state index is 0.352. The Hall–Kier alpha value is -3.01. The summed E-state index contributed by atoms with van der Waals surface area (Å²) in [7, 11) is 0. The Morgan fingerprint density at radius 2 is 1.77 bits per heavy atom. The summed E-state index contributed by atoms with van der Waals surface area (Å²) in [5.41, 5.74) is 4.60. The molecule has 0 aliphatic carbocycles.